The van der Waals surface area contributed by atoms with Crippen molar-refractivity contribution in [3.8, 4) is 5.75 Å². The predicted octanol–water partition coefficient (Wildman–Crippen LogP) is 4.41. The Kier molecular flexibility index (Phi) is 4.16. The summed E-state index contributed by atoms with van der Waals surface area (Å²) in [6, 6.07) is 8.20. The monoisotopic (exact) mass is 415 g/mol. The van der Waals surface area contributed by atoms with E-state index in [2.05, 4.69) is 20.4 Å². The summed E-state index contributed by atoms with van der Waals surface area (Å²) in [5.41, 5.74) is 1.33. The van der Waals surface area contributed by atoms with Gasteiger partial charge in [-0.25, -0.2) is 23.3 Å². The van der Waals surface area contributed by atoms with E-state index in [1.807, 2.05) is 6.07 Å². The molecule has 1 aliphatic carbocycles. The number of nitrogens with one attached hydrogen (secondary N) is 1. The quantitative estimate of drug-likeness (QED) is 0.522. The molecule has 10 heteroatoms. The van der Waals surface area contributed by atoms with Gasteiger partial charge >= 0.3 is 0 Å². The van der Waals surface area contributed by atoms with Gasteiger partial charge < -0.3 is 4.74 Å². The average Bonchev–Trinajstić information content (AvgIpc) is 3.34. The summed E-state index contributed by atoms with van der Waals surface area (Å²) in [5, 5.41) is 7.12. The van der Waals surface area contributed by atoms with E-state index in [1.165, 1.54) is 23.5 Å². The van der Waals surface area contributed by atoms with Crippen molar-refractivity contribution in [2.24, 2.45) is 0 Å². The second-order valence-electron chi connectivity index (χ2n) is 6.79. The fraction of sp³-hybridized carbons (Fsp3) is 0.263. The predicted molar refractivity (Wildman–Crippen MR) is 104 cm³/mol. The van der Waals surface area contributed by atoms with Gasteiger partial charge in [0, 0.05) is 17.7 Å². The molecule has 0 saturated heterocycles. The van der Waals surface area contributed by atoms with Crippen LogP contribution in [0.1, 0.15) is 47.1 Å². The Labute approximate surface area is 167 Å². The molecule has 0 atom stereocenters. The third kappa shape index (κ3) is 3.29. The summed E-state index contributed by atoms with van der Waals surface area (Å²) in [7, 11) is 1.57. The zero-order chi connectivity index (χ0) is 20.1. The number of nitrogens with zero attached hydrogens (tertiary/aromatic N) is 4. The maximum Gasteiger partial charge on any atom is 0.280 e. The Morgan fingerprint density at radius 1 is 1.28 bits per heavy atom. The minimum absolute atomic E-state index is 0.00387. The highest BCUT2D eigenvalue weighted by molar-refractivity contribution is 7.22. The van der Waals surface area contributed by atoms with E-state index in [0.29, 0.717) is 16.6 Å². The van der Waals surface area contributed by atoms with Gasteiger partial charge in [0.2, 0.25) is 0 Å². The van der Waals surface area contributed by atoms with Crippen molar-refractivity contribution in [1.82, 2.24) is 19.6 Å². The van der Waals surface area contributed by atoms with E-state index in [9.17, 15) is 13.6 Å². The van der Waals surface area contributed by atoms with Crippen molar-refractivity contribution >= 4 is 38.2 Å². The summed E-state index contributed by atoms with van der Waals surface area (Å²) < 4.78 is 34.1. The molecular weight excluding hydrogens is 400 g/mol. The standard InChI is InChI=1S/C19H15F2N5O2S/c1-28-10-4-5-11-15(6-10)29-19(23-11)24-18(27)13-8-16-22-12(9-2-3-9)7-14(17(20)21)26(16)25-13/h4-9,17H,2-3H2,1H3,(H,23,24,27). The molecule has 1 amide bonds. The number of thiazole rings is 1. The highest BCUT2D eigenvalue weighted by Crippen LogP contribution is 2.40. The number of carbonyl (C=O) groups is 1. The number of anilines is 1. The molecule has 148 valence electrons. The summed E-state index contributed by atoms with van der Waals surface area (Å²) in [6.45, 7) is 0. The molecule has 0 spiro atoms. The van der Waals surface area contributed by atoms with Gasteiger partial charge in [0.15, 0.2) is 16.5 Å². The molecule has 5 rings (SSSR count). The number of halogens is 2. The highest BCUT2D eigenvalue weighted by atomic mass is 32.1. The Bertz CT molecular complexity index is 1250. The van der Waals surface area contributed by atoms with E-state index >= 15 is 0 Å². The molecule has 3 aromatic heterocycles. The molecule has 1 aromatic carbocycles. The largest absolute Gasteiger partial charge is 0.497 e. The molecule has 0 radical (unpaired) electrons. The van der Waals surface area contributed by atoms with Gasteiger partial charge in [-0.1, -0.05) is 11.3 Å². The van der Waals surface area contributed by atoms with E-state index in [1.54, 1.807) is 19.2 Å². The number of amides is 1. The molecule has 1 fully saturated rings. The lowest BCUT2D eigenvalue weighted by Gasteiger charge is -2.06. The molecule has 0 aliphatic heterocycles. The van der Waals surface area contributed by atoms with Gasteiger partial charge in [-0.05, 0) is 37.1 Å². The van der Waals surface area contributed by atoms with Crippen molar-refractivity contribution in [3.63, 3.8) is 0 Å². The number of fused-ring (bicyclic) bond motifs is 2. The van der Waals surface area contributed by atoms with Crippen molar-refractivity contribution in [2.45, 2.75) is 25.2 Å². The first-order valence-electron chi connectivity index (χ1n) is 8.96. The number of alkyl halides is 2. The number of aromatic nitrogens is 4. The summed E-state index contributed by atoms with van der Waals surface area (Å²) in [5.74, 6) is 0.371. The molecule has 29 heavy (non-hydrogen) atoms. The van der Waals surface area contributed by atoms with Crippen LogP contribution in [0, 0.1) is 0 Å². The van der Waals surface area contributed by atoms with Gasteiger partial charge in [-0.15, -0.1) is 0 Å². The molecular formula is C19H15F2N5O2S. The molecule has 1 aliphatic rings. The molecule has 3 heterocycles. The van der Waals surface area contributed by atoms with Crippen LogP contribution in [0.4, 0.5) is 13.9 Å². The second-order valence-corrected chi connectivity index (χ2v) is 7.82. The molecule has 0 unspecified atom stereocenters. The number of methoxy groups -OCH3 is 1. The molecule has 1 saturated carbocycles. The molecule has 1 N–H and O–H groups in total. The maximum absolute atomic E-state index is 13.5. The Balaban J connectivity index is 1.47. The van der Waals surface area contributed by atoms with Gasteiger partial charge in [0.1, 0.15) is 11.4 Å². The summed E-state index contributed by atoms with van der Waals surface area (Å²) >= 11 is 1.29. The van der Waals surface area contributed by atoms with Crippen LogP contribution in [-0.2, 0) is 0 Å². The number of ether oxygens (including phenoxy) is 1. The summed E-state index contributed by atoms with van der Waals surface area (Å²) in [4.78, 5) is 21.4. The minimum Gasteiger partial charge on any atom is -0.497 e. The van der Waals surface area contributed by atoms with Crippen LogP contribution in [0.2, 0.25) is 0 Å². The third-order valence-electron chi connectivity index (χ3n) is 4.74. The van der Waals surface area contributed by atoms with Crippen LogP contribution in [0.5, 0.6) is 5.75 Å². The van der Waals surface area contributed by atoms with Crippen molar-refractivity contribution in [3.05, 3.63) is 47.4 Å². The smallest absolute Gasteiger partial charge is 0.280 e. The lowest BCUT2D eigenvalue weighted by atomic mass is 10.2. The number of rotatable bonds is 5. The van der Waals surface area contributed by atoms with Gasteiger partial charge in [-0.3, -0.25) is 10.1 Å². The number of hydrogen-bond donors (Lipinski definition) is 1. The highest BCUT2D eigenvalue weighted by Gasteiger charge is 2.28. The number of carbonyl (C=O) groups excluding carboxylic acids is 1. The Morgan fingerprint density at radius 3 is 2.83 bits per heavy atom. The van der Waals surface area contributed by atoms with E-state index in [0.717, 1.165) is 27.6 Å². The van der Waals surface area contributed by atoms with Crippen LogP contribution >= 0.6 is 11.3 Å². The van der Waals surface area contributed by atoms with Crippen LogP contribution in [0.25, 0.3) is 15.9 Å². The first-order chi connectivity index (χ1) is 14.0. The average molecular weight is 415 g/mol. The third-order valence-corrected chi connectivity index (χ3v) is 5.68. The van der Waals surface area contributed by atoms with Crippen LogP contribution in [0.3, 0.4) is 0 Å². The van der Waals surface area contributed by atoms with Crippen LogP contribution in [0.15, 0.2) is 30.3 Å². The van der Waals surface area contributed by atoms with E-state index in [-0.39, 0.29) is 23.0 Å². The zero-order valence-corrected chi connectivity index (χ0v) is 16.0. The lowest BCUT2D eigenvalue weighted by Crippen LogP contribution is -2.12. The molecule has 7 nitrogen and oxygen atoms in total. The van der Waals surface area contributed by atoms with Crippen LogP contribution < -0.4 is 10.1 Å². The second kappa shape index (κ2) is 6.73. The van der Waals surface area contributed by atoms with E-state index in [4.69, 9.17) is 4.74 Å². The fourth-order valence-corrected chi connectivity index (χ4v) is 4.01. The van der Waals surface area contributed by atoms with Gasteiger partial charge in [0.05, 0.1) is 17.3 Å². The number of benzene rings is 1. The molecule has 4 aromatic rings. The maximum atomic E-state index is 13.5. The first-order valence-corrected chi connectivity index (χ1v) is 9.78. The first kappa shape index (κ1) is 17.9. The Hall–Kier alpha value is -3.14. The Morgan fingerprint density at radius 2 is 2.10 bits per heavy atom. The zero-order valence-electron chi connectivity index (χ0n) is 15.2. The van der Waals surface area contributed by atoms with Gasteiger partial charge in [0.25, 0.3) is 12.3 Å². The SMILES string of the molecule is COc1ccc2nc(NC(=O)c3cc4nc(C5CC5)cc(C(F)F)n4n3)sc2c1. The van der Waals surface area contributed by atoms with Crippen molar-refractivity contribution < 1.29 is 18.3 Å². The minimum atomic E-state index is -2.71. The number of hydrogen-bond acceptors (Lipinski definition) is 6. The van der Waals surface area contributed by atoms with E-state index < -0.39 is 12.3 Å². The van der Waals surface area contributed by atoms with Crippen LogP contribution in [-0.4, -0.2) is 32.6 Å². The summed E-state index contributed by atoms with van der Waals surface area (Å²) in [6.07, 6.45) is -0.834. The topological polar surface area (TPSA) is 81.4 Å². The fourth-order valence-electron chi connectivity index (χ4n) is 3.12. The van der Waals surface area contributed by atoms with Crippen molar-refractivity contribution in [1.29, 1.82) is 0 Å². The van der Waals surface area contributed by atoms with Crippen molar-refractivity contribution in [2.75, 3.05) is 12.4 Å². The molecule has 0 bridgehead atoms. The van der Waals surface area contributed by atoms with Gasteiger partial charge in [-0.2, -0.15) is 5.10 Å². The lowest BCUT2D eigenvalue weighted by molar-refractivity contribution is 0.102. The normalized spacial score (nSPS) is 14.1.